The predicted octanol–water partition coefficient (Wildman–Crippen LogP) is 3.87. The first-order valence-corrected chi connectivity index (χ1v) is 10.3. The van der Waals surface area contributed by atoms with Gasteiger partial charge in [0.15, 0.2) is 0 Å². The Morgan fingerprint density at radius 3 is 2.74 bits per heavy atom. The lowest BCUT2D eigenvalue weighted by Gasteiger charge is -2.07. The third kappa shape index (κ3) is 6.14. The van der Waals surface area contributed by atoms with Crippen LogP contribution in [-0.4, -0.2) is 28.0 Å². The molecule has 1 heterocycles. The van der Waals surface area contributed by atoms with Gasteiger partial charge in [0.1, 0.15) is 0 Å². The Hall–Kier alpha value is -2.26. The van der Waals surface area contributed by atoms with Crippen LogP contribution in [0.5, 0.6) is 0 Å². The van der Waals surface area contributed by atoms with E-state index in [0.717, 1.165) is 22.7 Å². The number of aromatic nitrogens is 2. The molecule has 1 amide bonds. The van der Waals surface area contributed by atoms with Gasteiger partial charge in [0.05, 0.1) is 24.7 Å². The summed E-state index contributed by atoms with van der Waals surface area (Å²) in [6, 6.07) is 8.60. The molecule has 0 saturated carbocycles. The second-order valence-electron chi connectivity index (χ2n) is 6.73. The maximum atomic E-state index is 12.1. The number of carbonyl (C=O) groups excluding carboxylic acids is 1. The van der Waals surface area contributed by atoms with Crippen molar-refractivity contribution in [3.05, 3.63) is 46.3 Å². The molecule has 0 aliphatic carbocycles. The van der Waals surface area contributed by atoms with Crippen LogP contribution in [0.15, 0.2) is 23.1 Å². The van der Waals surface area contributed by atoms with Gasteiger partial charge in [0, 0.05) is 29.3 Å². The van der Waals surface area contributed by atoms with Crippen LogP contribution in [0.2, 0.25) is 0 Å². The van der Waals surface area contributed by atoms with Crippen molar-refractivity contribution >= 4 is 17.7 Å². The number of nitrogens with one attached hydrogen (secondary N) is 1. The summed E-state index contributed by atoms with van der Waals surface area (Å²) >= 11 is 1.76. The monoisotopic (exact) mass is 384 g/mol. The molecule has 5 nitrogen and oxygen atoms in total. The summed E-state index contributed by atoms with van der Waals surface area (Å²) in [5, 5.41) is 16.2. The molecule has 0 radical (unpaired) electrons. The number of nitriles is 1. The van der Waals surface area contributed by atoms with E-state index in [1.165, 1.54) is 16.0 Å². The normalized spacial score (nSPS) is 10.6. The molecule has 1 aromatic heterocycles. The highest BCUT2D eigenvalue weighted by Gasteiger charge is 2.12. The minimum atomic E-state index is 0.0688. The van der Waals surface area contributed by atoms with Gasteiger partial charge in [-0.3, -0.25) is 9.48 Å². The van der Waals surface area contributed by atoms with Crippen molar-refractivity contribution in [1.29, 1.82) is 5.26 Å². The van der Waals surface area contributed by atoms with E-state index in [0.29, 0.717) is 32.4 Å². The lowest BCUT2D eigenvalue weighted by atomic mass is 10.1. The molecular formula is C21H28N4OS. The van der Waals surface area contributed by atoms with Crippen molar-refractivity contribution in [1.82, 2.24) is 15.1 Å². The smallest absolute Gasteiger partial charge is 0.220 e. The Balaban J connectivity index is 1.74. The molecule has 0 saturated heterocycles. The van der Waals surface area contributed by atoms with Crippen molar-refractivity contribution in [2.75, 3.05) is 12.3 Å². The highest BCUT2D eigenvalue weighted by molar-refractivity contribution is 7.99. The molecule has 2 aromatic rings. The van der Waals surface area contributed by atoms with Gasteiger partial charge in [-0.05, 0) is 62.9 Å². The van der Waals surface area contributed by atoms with E-state index in [1.54, 1.807) is 11.8 Å². The van der Waals surface area contributed by atoms with Crippen LogP contribution in [0.25, 0.3) is 0 Å². The summed E-state index contributed by atoms with van der Waals surface area (Å²) in [6.07, 6.45) is 1.58. The average molecular weight is 385 g/mol. The third-order valence-electron chi connectivity index (χ3n) is 4.74. The summed E-state index contributed by atoms with van der Waals surface area (Å²) in [7, 11) is 0. The number of hydrogen-bond acceptors (Lipinski definition) is 4. The molecule has 1 N–H and O–H groups in total. The zero-order chi connectivity index (χ0) is 19.8. The number of nitrogens with zero attached hydrogens (tertiary/aromatic N) is 3. The highest BCUT2D eigenvalue weighted by Crippen LogP contribution is 2.20. The van der Waals surface area contributed by atoms with Crippen molar-refractivity contribution in [3.8, 4) is 6.07 Å². The molecule has 2 rings (SSSR count). The summed E-state index contributed by atoms with van der Waals surface area (Å²) < 4.78 is 1.87. The largest absolute Gasteiger partial charge is 0.355 e. The van der Waals surface area contributed by atoms with E-state index in [-0.39, 0.29) is 5.91 Å². The van der Waals surface area contributed by atoms with Crippen LogP contribution in [0.4, 0.5) is 0 Å². The number of rotatable bonds is 9. The minimum Gasteiger partial charge on any atom is -0.355 e. The van der Waals surface area contributed by atoms with Crippen LogP contribution in [-0.2, 0) is 17.8 Å². The lowest BCUT2D eigenvalue weighted by Crippen LogP contribution is -2.26. The van der Waals surface area contributed by atoms with E-state index in [2.05, 4.69) is 48.5 Å². The predicted molar refractivity (Wildman–Crippen MR) is 110 cm³/mol. The zero-order valence-corrected chi connectivity index (χ0v) is 17.4. The van der Waals surface area contributed by atoms with Gasteiger partial charge < -0.3 is 5.32 Å². The Bertz CT molecular complexity index is 835. The molecule has 0 unspecified atom stereocenters. The second kappa shape index (κ2) is 10.2. The molecule has 0 aliphatic heterocycles. The molecule has 0 spiro atoms. The summed E-state index contributed by atoms with van der Waals surface area (Å²) in [4.78, 5) is 13.4. The molecule has 0 fully saturated rings. The number of amides is 1. The fourth-order valence-electron chi connectivity index (χ4n) is 2.96. The Kier molecular flexibility index (Phi) is 7.93. The Morgan fingerprint density at radius 1 is 1.26 bits per heavy atom. The van der Waals surface area contributed by atoms with Gasteiger partial charge in [-0.2, -0.15) is 10.4 Å². The summed E-state index contributed by atoms with van der Waals surface area (Å²) in [6.45, 7) is 9.46. The van der Waals surface area contributed by atoms with E-state index >= 15 is 0 Å². The van der Waals surface area contributed by atoms with E-state index in [9.17, 15) is 4.79 Å². The minimum absolute atomic E-state index is 0.0688. The van der Waals surface area contributed by atoms with E-state index in [1.807, 2.05) is 18.5 Å². The Labute approximate surface area is 166 Å². The standard InChI is InChI=1S/C21H28N4OS/c1-15-6-7-19(14-16(15)2)27-13-11-23-21(26)9-8-20-17(3)24-25(18(20)4)12-5-10-22/h6-7,14H,5,8-9,11-13H2,1-4H3,(H,23,26). The molecule has 0 bridgehead atoms. The molecule has 144 valence electrons. The van der Waals surface area contributed by atoms with Crippen LogP contribution < -0.4 is 5.32 Å². The van der Waals surface area contributed by atoms with Gasteiger partial charge in [0.25, 0.3) is 0 Å². The zero-order valence-electron chi connectivity index (χ0n) is 16.6. The topological polar surface area (TPSA) is 70.7 Å². The number of aryl methyl sites for hydroxylation is 4. The molecule has 27 heavy (non-hydrogen) atoms. The van der Waals surface area contributed by atoms with Crippen LogP contribution >= 0.6 is 11.8 Å². The van der Waals surface area contributed by atoms with Crippen molar-refractivity contribution in [2.24, 2.45) is 0 Å². The third-order valence-corrected chi connectivity index (χ3v) is 5.74. The average Bonchev–Trinajstić information content (AvgIpc) is 2.91. The van der Waals surface area contributed by atoms with E-state index in [4.69, 9.17) is 5.26 Å². The van der Waals surface area contributed by atoms with Gasteiger partial charge in [-0.1, -0.05) is 6.07 Å². The first-order chi connectivity index (χ1) is 12.9. The number of benzene rings is 1. The molecule has 0 atom stereocenters. The Morgan fingerprint density at radius 2 is 2.04 bits per heavy atom. The maximum Gasteiger partial charge on any atom is 0.220 e. The fraction of sp³-hybridized carbons (Fsp3) is 0.476. The van der Waals surface area contributed by atoms with Gasteiger partial charge >= 0.3 is 0 Å². The lowest BCUT2D eigenvalue weighted by molar-refractivity contribution is -0.120. The van der Waals surface area contributed by atoms with Crippen LogP contribution in [0.1, 0.15) is 40.9 Å². The SMILES string of the molecule is Cc1ccc(SCCNC(=O)CCc2c(C)nn(CCC#N)c2C)cc1C. The summed E-state index contributed by atoms with van der Waals surface area (Å²) in [5.41, 5.74) is 5.72. The quantitative estimate of drug-likeness (QED) is 0.526. The number of hydrogen-bond donors (Lipinski definition) is 1. The number of thioether (sulfide) groups is 1. The second-order valence-corrected chi connectivity index (χ2v) is 7.89. The highest BCUT2D eigenvalue weighted by atomic mass is 32.2. The maximum absolute atomic E-state index is 12.1. The molecule has 0 aliphatic rings. The van der Waals surface area contributed by atoms with Gasteiger partial charge in [-0.15, -0.1) is 11.8 Å². The first kappa shape index (κ1) is 21.0. The number of carbonyl (C=O) groups is 1. The molecule has 1 aromatic carbocycles. The van der Waals surface area contributed by atoms with E-state index < -0.39 is 0 Å². The van der Waals surface area contributed by atoms with Crippen molar-refractivity contribution in [3.63, 3.8) is 0 Å². The molecule has 6 heteroatoms. The fourth-order valence-corrected chi connectivity index (χ4v) is 3.82. The van der Waals surface area contributed by atoms with Gasteiger partial charge in [-0.25, -0.2) is 0 Å². The van der Waals surface area contributed by atoms with Gasteiger partial charge in [0.2, 0.25) is 5.91 Å². The molecular weight excluding hydrogens is 356 g/mol. The first-order valence-electron chi connectivity index (χ1n) is 9.29. The van der Waals surface area contributed by atoms with Crippen LogP contribution in [0.3, 0.4) is 0 Å². The van der Waals surface area contributed by atoms with Crippen molar-refractivity contribution in [2.45, 2.75) is 58.4 Å². The van der Waals surface area contributed by atoms with Crippen molar-refractivity contribution < 1.29 is 4.79 Å². The summed E-state index contributed by atoms with van der Waals surface area (Å²) in [5.74, 6) is 0.928. The van der Waals surface area contributed by atoms with Crippen LogP contribution in [0, 0.1) is 39.0 Å².